The van der Waals surface area contributed by atoms with Crippen LogP contribution in [0.3, 0.4) is 0 Å². The number of carbonyl (C=O) groups is 1. The molecule has 0 aliphatic heterocycles. The van der Waals surface area contributed by atoms with Crippen LogP contribution in [0.2, 0.25) is 0 Å². The molecule has 0 aliphatic rings. The number of hydrogen-bond donors (Lipinski definition) is 2. The number of primary amides is 1. The molecule has 5 heteroatoms. The number of thiophene rings is 1. The molecule has 0 bridgehead atoms. The van der Waals surface area contributed by atoms with E-state index in [9.17, 15) is 4.79 Å². The molecule has 26 heavy (non-hydrogen) atoms. The van der Waals surface area contributed by atoms with Crippen LogP contribution in [-0.2, 0) is 6.42 Å². The molecule has 2 aromatic heterocycles. The summed E-state index contributed by atoms with van der Waals surface area (Å²) in [5.74, 6) is -0.413. The zero-order valence-corrected chi connectivity index (χ0v) is 15.9. The van der Waals surface area contributed by atoms with E-state index in [1.165, 1.54) is 15.2 Å². The highest BCUT2D eigenvalue weighted by molar-refractivity contribution is 8.00. The number of benzene rings is 2. The van der Waals surface area contributed by atoms with Crippen LogP contribution in [0.4, 0.5) is 0 Å². The van der Waals surface area contributed by atoms with Crippen LogP contribution < -0.4 is 5.73 Å². The third-order valence-electron chi connectivity index (χ3n) is 4.39. The molecule has 0 saturated carbocycles. The van der Waals surface area contributed by atoms with Crippen molar-refractivity contribution in [3.63, 3.8) is 0 Å². The fourth-order valence-electron chi connectivity index (χ4n) is 3.10. The SMILES string of the molecule is CCc1ccccc1Sc1c(-c2ccccc2C(N)=O)[nH]c2ccsc12. The van der Waals surface area contributed by atoms with Gasteiger partial charge in [0.2, 0.25) is 5.91 Å². The van der Waals surface area contributed by atoms with E-state index in [1.54, 1.807) is 29.2 Å². The Kier molecular flexibility index (Phi) is 4.57. The average Bonchev–Trinajstić information content (AvgIpc) is 3.24. The van der Waals surface area contributed by atoms with Crippen LogP contribution >= 0.6 is 23.1 Å². The van der Waals surface area contributed by atoms with Gasteiger partial charge in [-0.05, 0) is 35.6 Å². The van der Waals surface area contributed by atoms with Gasteiger partial charge in [0.1, 0.15) is 0 Å². The second kappa shape index (κ2) is 7.02. The molecule has 0 spiro atoms. The summed E-state index contributed by atoms with van der Waals surface area (Å²) < 4.78 is 1.20. The van der Waals surface area contributed by atoms with Crippen molar-refractivity contribution >= 4 is 39.2 Å². The normalized spacial score (nSPS) is 11.1. The van der Waals surface area contributed by atoms with Gasteiger partial charge >= 0.3 is 0 Å². The molecule has 4 rings (SSSR count). The maximum atomic E-state index is 11.9. The van der Waals surface area contributed by atoms with Crippen molar-refractivity contribution in [1.29, 1.82) is 0 Å². The largest absolute Gasteiger partial charge is 0.366 e. The monoisotopic (exact) mass is 378 g/mol. The molecule has 3 N–H and O–H groups in total. The Labute approximate surface area is 160 Å². The van der Waals surface area contributed by atoms with Gasteiger partial charge in [-0.2, -0.15) is 0 Å². The number of hydrogen-bond acceptors (Lipinski definition) is 3. The zero-order valence-electron chi connectivity index (χ0n) is 14.3. The van der Waals surface area contributed by atoms with E-state index in [4.69, 9.17) is 5.73 Å². The lowest BCUT2D eigenvalue weighted by Crippen LogP contribution is -2.12. The number of aryl methyl sites for hydroxylation is 1. The van der Waals surface area contributed by atoms with E-state index in [1.807, 2.05) is 18.2 Å². The number of rotatable bonds is 5. The maximum Gasteiger partial charge on any atom is 0.249 e. The molecular weight excluding hydrogens is 360 g/mol. The third-order valence-corrected chi connectivity index (χ3v) is 6.68. The zero-order chi connectivity index (χ0) is 18.1. The predicted octanol–water partition coefficient (Wildman–Crippen LogP) is 5.71. The van der Waals surface area contributed by atoms with E-state index in [0.29, 0.717) is 5.56 Å². The molecule has 0 fully saturated rings. The summed E-state index contributed by atoms with van der Waals surface area (Å²) in [5.41, 5.74) is 10.4. The first-order valence-electron chi connectivity index (χ1n) is 8.43. The molecule has 0 unspecified atom stereocenters. The number of amides is 1. The molecule has 130 valence electrons. The van der Waals surface area contributed by atoms with E-state index >= 15 is 0 Å². The molecule has 2 heterocycles. The van der Waals surface area contributed by atoms with Gasteiger partial charge in [-0.25, -0.2) is 0 Å². The summed E-state index contributed by atoms with van der Waals surface area (Å²) >= 11 is 3.46. The van der Waals surface area contributed by atoms with Crippen LogP contribution in [0.1, 0.15) is 22.8 Å². The number of fused-ring (bicyclic) bond motifs is 1. The van der Waals surface area contributed by atoms with Crippen molar-refractivity contribution in [3.8, 4) is 11.3 Å². The van der Waals surface area contributed by atoms with Crippen LogP contribution in [0.5, 0.6) is 0 Å². The highest BCUT2D eigenvalue weighted by Gasteiger charge is 2.20. The van der Waals surface area contributed by atoms with Gasteiger partial charge in [-0.1, -0.05) is 55.1 Å². The fourth-order valence-corrected chi connectivity index (χ4v) is 5.34. The van der Waals surface area contributed by atoms with E-state index in [2.05, 4.69) is 47.6 Å². The van der Waals surface area contributed by atoms with Crippen molar-refractivity contribution in [3.05, 3.63) is 71.1 Å². The summed E-state index contributed by atoms with van der Waals surface area (Å²) in [7, 11) is 0. The van der Waals surface area contributed by atoms with Crippen molar-refractivity contribution in [2.75, 3.05) is 0 Å². The van der Waals surface area contributed by atoms with E-state index in [0.717, 1.165) is 28.1 Å². The molecule has 0 aliphatic carbocycles. The van der Waals surface area contributed by atoms with Crippen LogP contribution in [0.25, 0.3) is 21.5 Å². The van der Waals surface area contributed by atoms with Crippen LogP contribution in [0, 0.1) is 0 Å². The van der Waals surface area contributed by atoms with Crippen molar-refractivity contribution in [2.45, 2.75) is 23.1 Å². The molecule has 0 atom stereocenters. The highest BCUT2D eigenvalue weighted by atomic mass is 32.2. The Bertz CT molecular complexity index is 1090. The van der Waals surface area contributed by atoms with Gasteiger partial charge in [0, 0.05) is 16.0 Å². The lowest BCUT2D eigenvalue weighted by molar-refractivity contribution is 0.100. The topological polar surface area (TPSA) is 58.9 Å². The number of nitrogens with one attached hydrogen (secondary N) is 1. The highest BCUT2D eigenvalue weighted by Crippen LogP contribution is 2.44. The Morgan fingerprint density at radius 3 is 2.69 bits per heavy atom. The van der Waals surface area contributed by atoms with Crippen molar-refractivity contribution < 1.29 is 4.79 Å². The first kappa shape index (κ1) is 16.9. The Balaban J connectivity index is 1.91. The Hall–Kier alpha value is -2.50. The minimum Gasteiger partial charge on any atom is -0.366 e. The minimum atomic E-state index is -0.413. The van der Waals surface area contributed by atoms with Gasteiger partial charge in [0.15, 0.2) is 0 Å². The second-order valence-corrected chi connectivity index (χ2v) is 7.93. The number of H-pyrrole nitrogens is 1. The minimum absolute atomic E-state index is 0.413. The van der Waals surface area contributed by atoms with Crippen LogP contribution in [-0.4, -0.2) is 10.9 Å². The lowest BCUT2D eigenvalue weighted by Gasteiger charge is -2.10. The summed E-state index contributed by atoms with van der Waals surface area (Å²) in [6.45, 7) is 2.17. The van der Waals surface area contributed by atoms with Gasteiger partial charge in [0.05, 0.1) is 20.8 Å². The summed E-state index contributed by atoms with van der Waals surface area (Å²) in [5, 5.41) is 2.08. The van der Waals surface area contributed by atoms with E-state index < -0.39 is 5.91 Å². The van der Waals surface area contributed by atoms with Crippen molar-refractivity contribution in [2.24, 2.45) is 5.73 Å². The van der Waals surface area contributed by atoms with Crippen LogP contribution in [0.15, 0.2) is 69.8 Å². The summed E-state index contributed by atoms with van der Waals surface area (Å²) in [4.78, 5) is 17.8. The third kappa shape index (κ3) is 2.93. The predicted molar refractivity (Wildman–Crippen MR) is 110 cm³/mol. The molecule has 0 saturated heterocycles. The quantitative estimate of drug-likeness (QED) is 0.467. The smallest absolute Gasteiger partial charge is 0.249 e. The first-order valence-corrected chi connectivity index (χ1v) is 10.1. The Morgan fingerprint density at radius 2 is 1.88 bits per heavy atom. The van der Waals surface area contributed by atoms with Gasteiger partial charge in [0.25, 0.3) is 0 Å². The molecule has 0 radical (unpaired) electrons. The maximum absolute atomic E-state index is 11.9. The molecule has 2 aromatic carbocycles. The molecular formula is C21H18N2OS2. The molecule has 4 aromatic rings. The summed E-state index contributed by atoms with van der Waals surface area (Å²) in [6.07, 6.45) is 0.981. The first-order chi connectivity index (χ1) is 12.7. The van der Waals surface area contributed by atoms with Crippen molar-refractivity contribution in [1.82, 2.24) is 4.98 Å². The van der Waals surface area contributed by atoms with E-state index in [-0.39, 0.29) is 0 Å². The van der Waals surface area contributed by atoms with Gasteiger partial charge in [-0.3, -0.25) is 4.79 Å². The number of nitrogens with two attached hydrogens (primary N) is 1. The number of aromatic amines is 1. The summed E-state index contributed by atoms with van der Waals surface area (Å²) in [6, 6.07) is 18.0. The Morgan fingerprint density at radius 1 is 1.12 bits per heavy atom. The van der Waals surface area contributed by atoms with Gasteiger partial charge in [-0.15, -0.1) is 11.3 Å². The molecule has 3 nitrogen and oxygen atoms in total. The average molecular weight is 379 g/mol. The lowest BCUT2D eigenvalue weighted by atomic mass is 10.0. The number of aromatic nitrogens is 1. The second-order valence-electron chi connectivity index (χ2n) is 5.97. The molecule has 1 amide bonds. The van der Waals surface area contributed by atoms with Gasteiger partial charge < -0.3 is 10.7 Å². The number of carbonyl (C=O) groups excluding carboxylic acids is 1. The fraction of sp³-hybridized carbons (Fsp3) is 0.0952. The standard InChI is InChI=1S/C21H18N2OS2/c1-2-13-7-3-6-10-17(13)26-20-18(23-16-11-12-25-19(16)20)14-8-4-5-9-15(14)21(22)24/h3-12,23H,2H2,1H3,(H2,22,24).